The number of hydrogen-bond acceptors (Lipinski definition) is 6. The maximum Gasteiger partial charge on any atom is 0.229 e. The molecule has 0 aliphatic rings. The highest BCUT2D eigenvalue weighted by atomic mass is 32.1. The van der Waals surface area contributed by atoms with E-state index < -0.39 is 0 Å². The minimum absolute atomic E-state index is 0.0819. The van der Waals surface area contributed by atoms with E-state index in [2.05, 4.69) is 44.8 Å². The molecular weight excluding hydrogens is 372 g/mol. The average molecular weight is 392 g/mol. The molecule has 2 heterocycles. The van der Waals surface area contributed by atoms with E-state index in [1.807, 2.05) is 38.1 Å². The number of nitrogens with zero attached hydrogens (tertiary/aromatic N) is 3. The van der Waals surface area contributed by atoms with E-state index in [4.69, 9.17) is 4.42 Å². The van der Waals surface area contributed by atoms with Crippen LogP contribution >= 0.6 is 11.3 Å². The molecule has 4 aromatic rings. The molecule has 0 unspecified atom stereocenters. The lowest BCUT2D eigenvalue weighted by Gasteiger charge is -2.05. The van der Waals surface area contributed by atoms with Crippen LogP contribution < -0.4 is 5.32 Å². The second-order valence-electron chi connectivity index (χ2n) is 6.82. The molecule has 7 heteroatoms. The number of nitrogens with one attached hydrogen (secondary N) is 1. The topological polar surface area (TPSA) is 80.9 Å². The highest BCUT2D eigenvalue weighted by Crippen LogP contribution is 2.29. The van der Waals surface area contributed by atoms with Gasteiger partial charge in [0.15, 0.2) is 0 Å². The summed E-state index contributed by atoms with van der Waals surface area (Å²) in [5.74, 6) is 0.661. The summed E-state index contributed by atoms with van der Waals surface area (Å²) in [7, 11) is 0. The molecule has 2 aromatic carbocycles. The minimum Gasteiger partial charge on any atom is -0.424 e. The van der Waals surface area contributed by atoms with E-state index in [1.54, 1.807) is 11.3 Å². The van der Waals surface area contributed by atoms with Gasteiger partial charge in [-0.05, 0) is 37.1 Å². The van der Waals surface area contributed by atoms with Crippen LogP contribution in [-0.2, 0) is 17.6 Å². The Kier molecular flexibility index (Phi) is 5.16. The first-order valence-electron chi connectivity index (χ1n) is 9.12. The van der Waals surface area contributed by atoms with E-state index in [0.717, 1.165) is 15.2 Å². The van der Waals surface area contributed by atoms with Gasteiger partial charge in [0.1, 0.15) is 11.4 Å². The lowest BCUT2D eigenvalue weighted by Crippen LogP contribution is -2.31. The first kappa shape index (κ1) is 18.3. The summed E-state index contributed by atoms with van der Waals surface area (Å²) in [5.41, 5.74) is 3.30. The zero-order chi connectivity index (χ0) is 19.5. The first-order valence-corrected chi connectivity index (χ1v) is 9.94. The van der Waals surface area contributed by atoms with E-state index in [0.29, 0.717) is 18.2 Å². The number of fused-ring (bicyclic) bond motifs is 1. The van der Waals surface area contributed by atoms with Crippen LogP contribution in [0.1, 0.15) is 30.6 Å². The van der Waals surface area contributed by atoms with E-state index in [1.165, 1.54) is 11.1 Å². The van der Waals surface area contributed by atoms with Gasteiger partial charge in [-0.25, -0.2) is 4.98 Å². The zero-order valence-corrected chi connectivity index (χ0v) is 16.5. The Balaban J connectivity index is 1.49. The second kappa shape index (κ2) is 7.90. The highest BCUT2D eigenvalue weighted by molar-refractivity contribution is 7.18. The summed E-state index contributed by atoms with van der Waals surface area (Å²) >= 11 is 1.61. The van der Waals surface area contributed by atoms with E-state index in [-0.39, 0.29) is 18.4 Å². The van der Waals surface area contributed by atoms with Crippen molar-refractivity contribution < 1.29 is 9.21 Å². The van der Waals surface area contributed by atoms with Gasteiger partial charge in [-0.1, -0.05) is 36.4 Å². The minimum atomic E-state index is -0.126. The summed E-state index contributed by atoms with van der Waals surface area (Å²) in [6.07, 6.45) is 0.546. The Morgan fingerprint density at radius 2 is 1.86 bits per heavy atom. The van der Waals surface area contributed by atoms with Gasteiger partial charge in [-0.2, -0.15) is 0 Å². The third-order valence-electron chi connectivity index (χ3n) is 4.11. The van der Waals surface area contributed by atoms with Crippen molar-refractivity contribution in [3.63, 3.8) is 0 Å². The summed E-state index contributed by atoms with van der Waals surface area (Å²) in [4.78, 5) is 16.5. The van der Waals surface area contributed by atoms with Gasteiger partial charge >= 0.3 is 0 Å². The van der Waals surface area contributed by atoms with Gasteiger partial charge in [0.05, 0.1) is 16.6 Å². The highest BCUT2D eigenvalue weighted by Gasteiger charge is 2.14. The van der Waals surface area contributed by atoms with Crippen LogP contribution in [0.5, 0.6) is 0 Å². The molecule has 1 amide bonds. The standard InChI is InChI=1S/C21H20N4O2S/c1-13(2)22-18(26)11-19-24-25-20(27-19)12-21-23-16-9-8-15(10-17(16)28-21)14-6-4-3-5-7-14/h3-10,13H,11-12H2,1-2H3,(H,22,26). The largest absolute Gasteiger partial charge is 0.424 e. The Hall–Kier alpha value is -3.06. The monoisotopic (exact) mass is 392 g/mol. The Bertz CT molecular complexity index is 1100. The van der Waals surface area contributed by atoms with Gasteiger partial charge in [-0.3, -0.25) is 4.79 Å². The van der Waals surface area contributed by atoms with Crippen LogP contribution in [0.25, 0.3) is 21.3 Å². The molecule has 6 nitrogen and oxygen atoms in total. The van der Waals surface area contributed by atoms with Crippen LogP contribution in [0.3, 0.4) is 0 Å². The molecule has 0 aliphatic heterocycles. The summed E-state index contributed by atoms with van der Waals surface area (Å²) in [6.45, 7) is 3.82. The second-order valence-corrected chi connectivity index (χ2v) is 7.94. The van der Waals surface area contributed by atoms with Crippen molar-refractivity contribution in [2.24, 2.45) is 0 Å². The van der Waals surface area contributed by atoms with Crippen molar-refractivity contribution in [3.05, 3.63) is 65.3 Å². The average Bonchev–Trinajstić information content (AvgIpc) is 3.27. The molecule has 0 fully saturated rings. The molecule has 0 bridgehead atoms. The van der Waals surface area contributed by atoms with Gasteiger partial charge in [0.2, 0.25) is 17.7 Å². The quantitative estimate of drug-likeness (QED) is 0.536. The number of carbonyl (C=O) groups excluding carboxylic acids is 1. The normalized spacial score (nSPS) is 11.2. The molecule has 1 N–H and O–H groups in total. The molecular formula is C21H20N4O2S. The van der Waals surface area contributed by atoms with Crippen molar-refractivity contribution in [1.29, 1.82) is 0 Å². The van der Waals surface area contributed by atoms with Gasteiger partial charge in [-0.15, -0.1) is 21.5 Å². The molecule has 142 valence electrons. The fourth-order valence-electron chi connectivity index (χ4n) is 2.93. The number of rotatable bonds is 6. The van der Waals surface area contributed by atoms with Crippen molar-refractivity contribution in [2.45, 2.75) is 32.7 Å². The third kappa shape index (κ3) is 4.26. The molecule has 0 atom stereocenters. The fourth-order valence-corrected chi connectivity index (χ4v) is 3.93. The van der Waals surface area contributed by atoms with Crippen molar-refractivity contribution in [1.82, 2.24) is 20.5 Å². The zero-order valence-electron chi connectivity index (χ0n) is 15.7. The van der Waals surface area contributed by atoms with Crippen LogP contribution in [0, 0.1) is 0 Å². The predicted octanol–water partition coefficient (Wildman–Crippen LogP) is 4.00. The molecule has 2 aromatic heterocycles. The van der Waals surface area contributed by atoms with Crippen LogP contribution in [0.15, 0.2) is 52.9 Å². The lowest BCUT2D eigenvalue weighted by atomic mass is 10.1. The molecule has 0 saturated heterocycles. The molecule has 28 heavy (non-hydrogen) atoms. The van der Waals surface area contributed by atoms with Crippen molar-refractivity contribution >= 4 is 27.5 Å². The van der Waals surface area contributed by atoms with Crippen molar-refractivity contribution in [2.75, 3.05) is 0 Å². The van der Waals surface area contributed by atoms with E-state index in [9.17, 15) is 4.79 Å². The Morgan fingerprint density at radius 1 is 1.07 bits per heavy atom. The molecule has 0 radical (unpaired) electrons. The molecule has 0 aliphatic carbocycles. The Labute approximate surface area is 166 Å². The van der Waals surface area contributed by atoms with Crippen LogP contribution in [0.2, 0.25) is 0 Å². The number of benzene rings is 2. The number of aromatic nitrogens is 3. The number of amides is 1. The van der Waals surface area contributed by atoms with Crippen LogP contribution in [-0.4, -0.2) is 27.1 Å². The predicted molar refractivity (Wildman–Crippen MR) is 109 cm³/mol. The first-order chi connectivity index (χ1) is 13.6. The third-order valence-corrected chi connectivity index (χ3v) is 5.13. The number of hydrogen-bond donors (Lipinski definition) is 1. The molecule has 0 saturated carbocycles. The summed E-state index contributed by atoms with van der Waals surface area (Å²) in [5, 5.41) is 11.7. The smallest absolute Gasteiger partial charge is 0.229 e. The lowest BCUT2D eigenvalue weighted by molar-refractivity contribution is -0.121. The van der Waals surface area contributed by atoms with Gasteiger partial charge in [0, 0.05) is 6.04 Å². The maximum absolute atomic E-state index is 11.8. The van der Waals surface area contributed by atoms with Gasteiger partial charge < -0.3 is 9.73 Å². The number of carbonyl (C=O) groups is 1. The Morgan fingerprint density at radius 3 is 2.64 bits per heavy atom. The fraction of sp³-hybridized carbons (Fsp3) is 0.238. The summed E-state index contributed by atoms with van der Waals surface area (Å²) in [6, 6.07) is 16.6. The van der Waals surface area contributed by atoms with Gasteiger partial charge in [0.25, 0.3) is 0 Å². The van der Waals surface area contributed by atoms with Crippen molar-refractivity contribution in [3.8, 4) is 11.1 Å². The number of thiazole rings is 1. The molecule has 0 spiro atoms. The van der Waals surface area contributed by atoms with Crippen LogP contribution in [0.4, 0.5) is 0 Å². The maximum atomic E-state index is 11.8. The summed E-state index contributed by atoms with van der Waals surface area (Å²) < 4.78 is 6.73. The molecule has 4 rings (SSSR count). The SMILES string of the molecule is CC(C)NC(=O)Cc1nnc(Cc2nc3ccc(-c4ccccc4)cc3s2)o1. The van der Waals surface area contributed by atoms with E-state index >= 15 is 0 Å².